The average Bonchev–Trinajstić information content (AvgIpc) is 3.10. The average molecular weight is 649 g/mol. The standard InChI is InChI=1S/2C17H16N4O3/c2*18-14-8-9-20-15-12(14)2-1-3-13(15)17(22)19-16(20)10-4-6-11(7-5-10)21(23)24/h2*1-7,14,16H,8-9,18H2,(H,19,22)/t2*14-,16+/m10/s1. The van der Waals surface area contributed by atoms with Gasteiger partial charge in [0.05, 0.1) is 32.3 Å². The van der Waals surface area contributed by atoms with E-state index in [1.807, 2.05) is 24.3 Å². The minimum absolute atomic E-state index is 0.0302. The molecule has 4 heterocycles. The Bertz CT molecular complexity index is 1810. The zero-order valence-electron chi connectivity index (χ0n) is 25.6. The van der Waals surface area contributed by atoms with Crippen molar-refractivity contribution in [3.8, 4) is 0 Å². The lowest BCUT2D eigenvalue weighted by Crippen LogP contribution is -2.49. The normalized spacial score (nSPS) is 21.9. The van der Waals surface area contributed by atoms with Gasteiger partial charge in [-0.05, 0) is 71.5 Å². The van der Waals surface area contributed by atoms with Gasteiger partial charge in [0.1, 0.15) is 12.3 Å². The zero-order chi connectivity index (χ0) is 33.7. The SMILES string of the molecule is N[C@@H]1CCN2c3c(cccc31)C(=O)N[C@@H]2c1ccc([N+](=O)[O-])cc1.N[C@H]1CCN2c3c(cccc31)C(=O)N[C@H]2c1ccc([N+](=O)[O-])cc1. The van der Waals surface area contributed by atoms with Gasteiger partial charge in [-0.15, -0.1) is 0 Å². The van der Waals surface area contributed by atoms with Crippen molar-refractivity contribution in [2.45, 2.75) is 37.3 Å². The molecule has 8 rings (SSSR count). The molecule has 0 aromatic heterocycles. The van der Waals surface area contributed by atoms with Gasteiger partial charge in [0.15, 0.2) is 0 Å². The third-order valence-electron chi connectivity index (χ3n) is 9.36. The molecule has 4 atom stereocenters. The summed E-state index contributed by atoms with van der Waals surface area (Å²) in [6.45, 7) is 1.43. The van der Waals surface area contributed by atoms with Gasteiger partial charge >= 0.3 is 0 Å². The van der Waals surface area contributed by atoms with Crippen LogP contribution in [0.5, 0.6) is 0 Å². The molecule has 4 aromatic rings. The van der Waals surface area contributed by atoms with Crippen molar-refractivity contribution in [2.75, 3.05) is 22.9 Å². The summed E-state index contributed by atoms with van der Waals surface area (Å²) in [4.78, 5) is 50.0. The van der Waals surface area contributed by atoms with E-state index in [1.165, 1.54) is 24.3 Å². The van der Waals surface area contributed by atoms with E-state index in [2.05, 4.69) is 20.4 Å². The molecular weight excluding hydrogens is 616 g/mol. The zero-order valence-corrected chi connectivity index (χ0v) is 25.6. The first-order valence-electron chi connectivity index (χ1n) is 15.5. The summed E-state index contributed by atoms with van der Waals surface area (Å²) in [6, 6.07) is 23.6. The van der Waals surface area contributed by atoms with Gasteiger partial charge in [0.25, 0.3) is 23.2 Å². The first kappa shape index (κ1) is 30.8. The molecule has 4 aliphatic heterocycles. The molecule has 0 aliphatic carbocycles. The second-order valence-corrected chi connectivity index (χ2v) is 12.1. The van der Waals surface area contributed by atoms with Crippen molar-refractivity contribution >= 4 is 34.6 Å². The number of benzene rings is 4. The number of carbonyl (C=O) groups is 2. The number of para-hydroxylation sites is 2. The van der Waals surface area contributed by atoms with Gasteiger partial charge < -0.3 is 31.9 Å². The van der Waals surface area contributed by atoms with Gasteiger partial charge in [-0.2, -0.15) is 0 Å². The lowest BCUT2D eigenvalue weighted by Gasteiger charge is -2.44. The minimum atomic E-state index is -0.434. The second kappa shape index (κ2) is 12.1. The Balaban J connectivity index is 0.000000152. The Hall–Kier alpha value is -5.86. The molecule has 0 fully saturated rings. The highest BCUT2D eigenvalue weighted by atomic mass is 16.6. The molecule has 6 N–H and O–H groups in total. The largest absolute Gasteiger partial charge is 0.346 e. The molecule has 0 spiro atoms. The summed E-state index contributed by atoms with van der Waals surface area (Å²) in [5, 5.41) is 27.6. The van der Waals surface area contributed by atoms with E-state index < -0.39 is 9.85 Å². The van der Waals surface area contributed by atoms with Crippen molar-refractivity contribution in [3.05, 3.63) is 139 Å². The Morgan fingerprint density at radius 1 is 0.604 bits per heavy atom. The Kier molecular flexibility index (Phi) is 7.73. The highest BCUT2D eigenvalue weighted by Crippen LogP contribution is 2.43. The molecule has 2 amide bonds. The molecule has 0 saturated heterocycles. The molecule has 14 nitrogen and oxygen atoms in total. The van der Waals surface area contributed by atoms with Crippen LogP contribution in [0, 0.1) is 20.2 Å². The maximum absolute atomic E-state index is 12.5. The van der Waals surface area contributed by atoms with E-state index in [4.69, 9.17) is 11.5 Å². The highest BCUT2D eigenvalue weighted by molar-refractivity contribution is 6.04. The smallest absolute Gasteiger partial charge is 0.269 e. The number of anilines is 2. The number of non-ortho nitro benzene ring substituents is 2. The van der Waals surface area contributed by atoms with Gasteiger partial charge in [-0.1, -0.05) is 24.3 Å². The summed E-state index contributed by atoms with van der Waals surface area (Å²) in [5.41, 5.74) is 19.0. The van der Waals surface area contributed by atoms with Gasteiger partial charge in [0.2, 0.25) is 0 Å². The Morgan fingerprint density at radius 3 is 1.33 bits per heavy atom. The third-order valence-corrected chi connectivity index (χ3v) is 9.36. The number of nitro groups is 2. The van der Waals surface area contributed by atoms with Crippen LogP contribution in [-0.4, -0.2) is 34.8 Å². The number of nitrogens with zero attached hydrogens (tertiary/aromatic N) is 4. The number of carbonyl (C=O) groups excluding carboxylic acids is 2. The summed E-state index contributed by atoms with van der Waals surface area (Å²) >= 11 is 0. The van der Waals surface area contributed by atoms with Crippen molar-refractivity contribution in [2.24, 2.45) is 11.5 Å². The van der Waals surface area contributed by atoms with Crippen LogP contribution in [0.4, 0.5) is 22.7 Å². The van der Waals surface area contributed by atoms with Crippen LogP contribution >= 0.6 is 0 Å². The second-order valence-electron chi connectivity index (χ2n) is 12.1. The predicted molar refractivity (Wildman–Crippen MR) is 177 cm³/mol. The van der Waals surface area contributed by atoms with E-state index >= 15 is 0 Å². The summed E-state index contributed by atoms with van der Waals surface area (Å²) in [6.07, 6.45) is 0.880. The van der Waals surface area contributed by atoms with Crippen molar-refractivity contribution < 1.29 is 19.4 Å². The van der Waals surface area contributed by atoms with E-state index in [0.717, 1.165) is 46.5 Å². The van der Waals surface area contributed by atoms with Crippen LogP contribution in [0.25, 0.3) is 0 Å². The van der Waals surface area contributed by atoms with Crippen LogP contribution in [0.1, 0.15) is 80.2 Å². The first-order valence-corrected chi connectivity index (χ1v) is 15.5. The van der Waals surface area contributed by atoms with Crippen molar-refractivity contribution in [1.82, 2.24) is 10.6 Å². The number of hydrogen-bond acceptors (Lipinski definition) is 10. The fraction of sp³-hybridized carbons (Fsp3) is 0.235. The molecular formula is C34H32N8O6. The Labute approximate surface area is 274 Å². The van der Waals surface area contributed by atoms with Crippen molar-refractivity contribution in [3.63, 3.8) is 0 Å². The molecule has 0 bridgehead atoms. The lowest BCUT2D eigenvalue weighted by molar-refractivity contribution is -0.385. The molecule has 4 aliphatic rings. The number of nitrogens with one attached hydrogen (secondary N) is 2. The fourth-order valence-electron chi connectivity index (χ4n) is 6.98. The van der Waals surface area contributed by atoms with Crippen LogP contribution in [0.3, 0.4) is 0 Å². The molecule has 244 valence electrons. The van der Waals surface area contributed by atoms with Crippen LogP contribution < -0.4 is 31.9 Å². The van der Waals surface area contributed by atoms with E-state index in [0.29, 0.717) is 24.2 Å². The number of hydrogen-bond donors (Lipinski definition) is 4. The van der Waals surface area contributed by atoms with Gasteiger partial charge in [-0.25, -0.2) is 0 Å². The maximum atomic E-state index is 12.5. The fourth-order valence-corrected chi connectivity index (χ4v) is 6.98. The van der Waals surface area contributed by atoms with Crippen molar-refractivity contribution in [1.29, 1.82) is 0 Å². The molecule has 0 saturated carbocycles. The highest BCUT2D eigenvalue weighted by Gasteiger charge is 2.38. The lowest BCUT2D eigenvalue weighted by atomic mass is 9.90. The van der Waals surface area contributed by atoms with Gasteiger partial charge in [-0.3, -0.25) is 29.8 Å². The summed E-state index contributed by atoms with van der Waals surface area (Å²) < 4.78 is 0. The molecule has 0 unspecified atom stereocenters. The number of amides is 2. The Morgan fingerprint density at radius 2 is 0.979 bits per heavy atom. The molecule has 48 heavy (non-hydrogen) atoms. The van der Waals surface area contributed by atoms with Crippen LogP contribution in [0.15, 0.2) is 84.9 Å². The minimum Gasteiger partial charge on any atom is -0.346 e. The van der Waals surface area contributed by atoms with E-state index in [1.54, 1.807) is 36.4 Å². The summed E-state index contributed by atoms with van der Waals surface area (Å²) in [5.74, 6) is -0.305. The van der Waals surface area contributed by atoms with E-state index in [9.17, 15) is 29.8 Å². The molecule has 14 heteroatoms. The van der Waals surface area contributed by atoms with Crippen LogP contribution in [-0.2, 0) is 0 Å². The topological polar surface area (TPSA) is 203 Å². The first-order chi connectivity index (χ1) is 23.1. The summed E-state index contributed by atoms with van der Waals surface area (Å²) in [7, 11) is 0. The number of nitro benzene ring substituents is 2. The maximum Gasteiger partial charge on any atom is 0.269 e. The monoisotopic (exact) mass is 648 g/mol. The number of nitrogens with two attached hydrogens (primary N) is 2. The van der Waals surface area contributed by atoms with Gasteiger partial charge in [0, 0.05) is 49.4 Å². The third kappa shape index (κ3) is 5.26. The quantitative estimate of drug-likeness (QED) is 0.180. The molecule has 4 aromatic carbocycles. The van der Waals surface area contributed by atoms with E-state index in [-0.39, 0.29) is 47.6 Å². The van der Waals surface area contributed by atoms with Crippen LogP contribution in [0.2, 0.25) is 0 Å². The number of rotatable bonds is 4. The molecule has 0 radical (unpaired) electrons. The predicted octanol–water partition coefficient (Wildman–Crippen LogP) is 4.49.